The fraction of sp³-hybridized carbons (Fsp3) is 0.0400. The normalized spacial score (nSPS) is 10.3. The quantitative estimate of drug-likeness (QED) is 0.387. The minimum Gasteiger partial charge on any atom is -0.354 e. The first-order chi connectivity index (χ1) is 13.8. The Kier molecular flexibility index (Phi) is 5.25. The van der Waals surface area contributed by atoms with Crippen LogP contribution in [0.5, 0.6) is 0 Å². The van der Waals surface area contributed by atoms with Gasteiger partial charge in [0.2, 0.25) is 0 Å². The fourth-order valence-corrected chi connectivity index (χ4v) is 3.28. The van der Waals surface area contributed by atoms with Crippen molar-refractivity contribution in [3.63, 3.8) is 0 Å². The number of hydrogen-bond acceptors (Lipinski definition) is 3. The van der Waals surface area contributed by atoms with Crippen LogP contribution in [0.25, 0.3) is 0 Å². The van der Waals surface area contributed by atoms with Crippen molar-refractivity contribution in [1.29, 1.82) is 0 Å². The number of para-hydroxylation sites is 5. The van der Waals surface area contributed by atoms with Crippen molar-refractivity contribution in [3.8, 4) is 0 Å². The van der Waals surface area contributed by atoms with Crippen LogP contribution < -0.4 is 15.3 Å². The first-order valence-corrected chi connectivity index (χ1v) is 9.38. The lowest BCUT2D eigenvalue weighted by Gasteiger charge is -2.36. The third-order valence-electron chi connectivity index (χ3n) is 4.61. The molecule has 3 heteroatoms. The van der Waals surface area contributed by atoms with Crippen molar-refractivity contribution >= 4 is 28.4 Å². The van der Waals surface area contributed by atoms with Crippen LogP contribution in [0.15, 0.2) is 115 Å². The lowest BCUT2D eigenvalue weighted by molar-refractivity contribution is 0.939. The third kappa shape index (κ3) is 3.84. The molecular formula is C25H23N3. The summed E-state index contributed by atoms with van der Waals surface area (Å²) < 4.78 is 0. The van der Waals surface area contributed by atoms with Crippen molar-refractivity contribution in [2.24, 2.45) is 0 Å². The highest BCUT2D eigenvalue weighted by molar-refractivity contribution is 5.79. The zero-order chi connectivity index (χ0) is 19.2. The molecule has 4 aromatic rings. The molecule has 0 aliphatic rings. The highest BCUT2D eigenvalue weighted by Crippen LogP contribution is 2.34. The van der Waals surface area contributed by atoms with Gasteiger partial charge in [-0.15, -0.1) is 0 Å². The molecule has 0 aliphatic carbocycles. The van der Waals surface area contributed by atoms with E-state index in [4.69, 9.17) is 0 Å². The summed E-state index contributed by atoms with van der Waals surface area (Å²) in [5, 5.41) is 7.93. The Morgan fingerprint density at radius 2 is 1.00 bits per heavy atom. The summed E-state index contributed by atoms with van der Waals surface area (Å²) in [5.41, 5.74) is 5.40. The van der Waals surface area contributed by atoms with E-state index < -0.39 is 0 Å². The molecule has 28 heavy (non-hydrogen) atoms. The smallest absolute Gasteiger partial charge is 0.0809 e. The number of nitrogens with zero attached hydrogens (tertiary/aromatic N) is 2. The molecule has 0 aliphatic heterocycles. The van der Waals surface area contributed by atoms with Crippen molar-refractivity contribution in [1.82, 2.24) is 0 Å². The van der Waals surface area contributed by atoms with Gasteiger partial charge in [0.25, 0.3) is 0 Å². The number of benzene rings is 4. The topological polar surface area (TPSA) is 18.5 Å². The van der Waals surface area contributed by atoms with Gasteiger partial charge in [-0.2, -0.15) is 0 Å². The van der Waals surface area contributed by atoms with Crippen LogP contribution in [0.4, 0.5) is 28.4 Å². The first-order valence-electron chi connectivity index (χ1n) is 9.38. The Morgan fingerprint density at radius 1 is 0.536 bits per heavy atom. The summed E-state index contributed by atoms with van der Waals surface area (Å²) in [6, 6.07) is 39.4. The molecule has 0 atom stereocenters. The molecule has 4 rings (SSSR count). The molecular weight excluding hydrogens is 342 g/mol. The van der Waals surface area contributed by atoms with E-state index in [1.165, 1.54) is 0 Å². The first kappa shape index (κ1) is 17.7. The van der Waals surface area contributed by atoms with Crippen LogP contribution in [-0.2, 0) is 0 Å². The second-order valence-corrected chi connectivity index (χ2v) is 6.51. The summed E-state index contributed by atoms with van der Waals surface area (Å²) in [5.74, 6) is 0. The van der Waals surface area contributed by atoms with E-state index in [-0.39, 0.29) is 0 Å². The summed E-state index contributed by atoms with van der Waals surface area (Å²) in [6.45, 7) is 0. The minimum absolute atomic E-state index is 1.05. The maximum absolute atomic E-state index is 3.54. The van der Waals surface area contributed by atoms with Crippen LogP contribution in [-0.4, -0.2) is 7.05 Å². The molecule has 0 saturated carbocycles. The standard InChI is InChI=1S/C25H23N3/c1-27(25-20-12-11-19-24(25)26-21-13-5-2-6-14-21)28(22-15-7-3-8-16-22)23-17-9-4-10-18-23/h2-20,26H,1H3. The summed E-state index contributed by atoms with van der Waals surface area (Å²) in [6.07, 6.45) is 0. The van der Waals surface area contributed by atoms with E-state index in [0.717, 1.165) is 28.4 Å². The monoisotopic (exact) mass is 365 g/mol. The fourth-order valence-electron chi connectivity index (χ4n) is 3.28. The molecule has 0 amide bonds. The second kappa shape index (κ2) is 8.31. The largest absolute Gasteiger partial charge is 0.354 e. The lowest BCUT2D eigenvalue weighted by Crippen LogP contribution is -2.36. The molecule has 0 heterocycles. The van der Waals surface area contributed by atoms with Gasteiger partial charge in [-0.1, -0.05) is 66.7 Å². The Bertz CT molecular complexity index is 962. The van der Waals surface area contributed by atoms with E-state index in [0.29, 0.717) is 0 Å². The van der Waals surface area contributed by atoms with Gasteiger partial charge in [-0.25, -0.2) is 0 Å². The molecule has 4 aromatic carbocycles. The van der Waals surface area contributed by atoms with Crippen LogP contribution in [0.1, 0.15) is 0 Å². The Balaban J connectivity index is 1.75. The maximum atomic E-state index is 3.54. The number of nitrogens with one attached hydrogen (secondary N) is 1. The van der Waals surface area contributed by atoms with Crippen LogP contribution >= 0.6 is 0 Å². The van der Waals surface area contributed by atoms with E-state index in [9.17, 15) is 0 Å². The molecule has 3 nitrogen and oxygen atoms in total. The van der Waals surface area contributed by atoms with Gasteiger partial charge in [0.05, 0.1) is 22.7 Å². The van der Waals surface area contributed by atoms with Crippen molar-refractivity contribution in [3.05, 3.63) is 115 Å². The Hall–Kier alpha value is -3.72. The summed E-state index contributed by atoms with van der Waals surface area (Å²) in [7, 11) is 2.09. The zero-order valence-corrected chi connectivity index (χ0v) is 15.9. The molecule has 138 valence electrons. The van der Waals surface area contributed by atoms with Crippen molar-refractivity contribution < 1.29 is 0 Å². The average molecular weight is 365 g/mol. The molecule has 0 spiro atoms. The van der Waals surface area contributed by atoms with Gasteiger partial charge in [0.15, 0.2) is 0 Å². The Labute approximate surface area is 166 Å². The van der Waals surface area contributed by atoms with Gasteiger partial charge in [0, 0.05) is 12.7 Å². The van der Waals surface area contributed by atoms with E-state index in [1.807, 2.05) is 30.3 Å². The molecule has 0 fully saturated rings. The number of anilines is 5. The zero-order valence-electron chi connectivity index (χ0n) is 15.9. The molecule has 0 saturated heterocycles. The van der Waals surface area contributed by atoms with Gasteiger partial charge in [0.1, 0.15) is 0 Å². The second-order valence-electron chi connectivity index (χ2n) is 6.51. The Morgan fingerprint density at radius 3 is 1.57 bits per heavy atom. The van der Waals surface area contributed by atoms with Gasteiger partial charge < -0.3 is 5.32 Å². The highest BCUT2D eigenvalue weighted by Gasteiger charge is 2.17. The summed E-state index contributed by atoms with van der Waals surface area (Å²) >= 11 is 0. The number of hydrazine groups is 1. The van der Waals surface area contributed by atoms with Gasteiger partial charge in [-0.3, -0.25) is 10.0 Å². The van der Waals surface area contributed by atoms with Crippen molar-refractivity contribution in [2.75, 3.05) is 22.4 Å². The highest BCUT2D eigenvalue weighted by atomic mass is 15.6. The molecule has 1 N–H and O–H groups in total. The van der Waals surface area contributed by atoms with Gasteiger partial charge >= 0.3 is 0 Å². The predicted molar refractivity (Wildman–Crippen MR) is 120 cm³/mol. The molecule has 0 aromatic heterocycles. The summed E-state index contributed by atoms with van der Waals surface area (Å²) in [4.78, 5) is 0. The van der Waals surface area contributed by atoms with E-state index >= 15 is 0 Å². The SMILES string of the molecule is CN(c1ccccc1Nc1ccccc1)N(c1ccccc1)c1ccccc1. The maximum Gasteiger partial charge on any atom is 0.0809 e. The predicted octanol–water partition coefficient (Wildman–Crippen LogP) is 6.62. The molecule has 0 radical (unpaired) electrons. The molecule has 0 unspecified atom stereocenters. The van der Waals surface area contributed by atoms with E-state index in [1.54, 1.807) is 0 Å². The number of hydrogen-bond donors (Lipinski definition) is 1. The van der Waals surface area contributed by atoms with Gasteiger partial charge in [-0.05, 0) is 48.5 Å². The molecule has 0 bridgehead atoms. The third-order valence-corrected chi connectivity index (χ3v) is 4.61. The van der Waals surface area contributed by atoms with E-state index in [2.05, 4.69) is 107 Å². The van der Waals surface area contributed by atoms with Crippen LogP contribution in [0.2, 0.25) is 0 Å². The van der Waals surface area contributed by atoms with Crippen LogP contribution in [0, 0.1) is 0 Å². The minimum atomic E-state index is 1.05. The lowest BCUT2D eigenvalue weighted by atomic mass is 10.2. The number of rotatable bonds is 6. The van der Waals surface area contributed by atoms with Crippen LogP contribution in [0.3, 0.4) is 0 Å². The van der Waals surface area contributed by atoms with Crippen molar-refractivity contribution in [2.45, 2.75) is 0 Å². The average Bonchev–Trinajstić information content (AvgIpc) is 2.76.